The lowest BCUT2D eigenvalue weighted by molar-refractivity contribution is 0.624. The van der Waals surface area contributed by atoms with Crippen LogP contribution in [0, 0.1) is 0 Å². The van der Waals surface area contributed by atoms with Gasteiger partial charge in [-0.1, -0.05) is 92.1 Å². The average Bonchev–Trinajstić information content (AvgIpc) is 2.84. The summed E-state index contributed by atoms with van der Waals surface area (Å²) in [5, 5.41) is 0. The zero-order valence-electron chi connectivity index (χ0n) is 34.5. The van der Waals surface area contributed by atoms with E-state index in [4.69, 9.17) is 13.2 Å². The number of hydrogen-bond donors (Lipinski definition) is 1. The minimum Gasteiger partial charge on any atom is -0.275 e. The summed E-state index contributed by atoms with van der Waals surface area (Å²) in [6, 6.07) is 0. The van der Waals surface area contributed by atoms with Gasteiger partial charge in [-0.05, 0) is 70.0 Å². The quantitative estimate of drug-likeness (QED) is 0.126. The fourth-order valence-corrected chi connectivity index (χ4v) is 39.3. The first kappa shape index (κ1) is 46.3. The molecular weight excluding hydrogens is 651 g/mol. The second kappa shape index (κ2) is 17.5. The molecule has 13 heteroatoms. The maximum absolute atomic E-state index is 6.44. The van der Waals surface area contributed by atoms with Crippen LogP contribution < -0.4 is 9.03 Å². The Morgan fingerprint density at radius 2 is 0.756 bits per heavy atom. The summed E-state index contributed by atoms with van der Waals surface area (Å²) >= 11 is 0. The topological polar surface area (TPSA) is 63.8 Å². The first-order valence-corrected chi connectivity index (χ1v) is 26.4. The molecule has 0 heterocycles. The van der Waals surface area contributed by atoms with Crippen molar-refractivity contribution in [3.8, 4) is 0 Å². The largest absolute Gasteiger partial charge is 0.544 e. The highest BCUT2D eigenvalue weighted by atomic mass is 31.3. The first-order chi connectivity index (χ1) is 20.1. The molecule has 0 aliphatic heterocycles. The molecule has 0 unspecified atom stereocenters. The molecule has 0 aromatic heterocycles. The second-order valence-electron chi connectivity index (χ2n) is 15.9. The zero-order valence-corrected chi connectivity index (χ0v) is 39.0. The summed E-state index contributed by atoms with van der Waals surface area (Å²) in [7, 11) is 6.86. The van der Waals surface area contributed by atoms with Crippen molar-refractivity contribution in [1.82, 2.24) is 27.7 Å². The van der Waals surface area contributed by atoms with E-state index in [9.17, 15) is 0 Å². The molecule has 0 aromatic rings. The lowest BCUT2D eigenvalue weighted by atomic mass is 10.5. The van der Waals surface area contributed by atoms with Gasteiger partial charge in [-0.15, -0.1) is 0 Å². The van der Waals surface area contributed by atoms with E-state index in [-0.39, 0.29) is 0 Å². The zero-order chi connectivity index (χ0) is 36.3. The number of rotatable bonds is 16. The average molecular weight is 733 g/mol. The predicted molar refractivity (Wildman–Crippen MR) is 221 cm³/mol. The van der Waals surface area contributed by atoms with Gasteiger partial charge in [-0.2, -0.15) is 13.7 Å². The van der Waals surface area contributed by atoms with E-state index in [1.165, 1.54) is 0 Å². The molecule has 0 radical (unpaired) electrons. The molecule has 0 aliphatic carbocycles. The third-order valence-corrected chi connectivity index (χ3v) is 36.0. The predicted octanol–water partition coefficient (Wildman–Crippen LogP) is 11.3. The van der Waals surface area contributed by atoms with Crippen LogP contribution in [0.5, 0.6) is 0 Å². The highest BCUT2D eigenvalue weighted by Gasteiger charge is 2.59. The normalized spacial score (nSPS) is 14.8. The molecule has 8 nitrogen and oxygen atoms in total. The molecule has 0 amide bonds. The molecule has 45 heavy (non-hydrogen) atoms. The summed E-state index contributed by atoms with van der Waals surface area (Å²) in [5.74, 6) is 0. The van der Waals surface area contributed by atoms with Gasteiger partial charge in [0.05, 0.1) is 37.0 Å². The summed E-state index contributed by atoms with van der Waals surface area (Å²) in [6.45, 7) is 38.3. The van der Waals surface area contributed by atoms with Crippen LogP contribution in [0.25, 0.3) is 0 Å². The van der Waals surface area contributed by atoms with Gasteiger partial charge < -0.3 is 0 Å². The monoisotopic (exact) mass is 733 g/mol. The Kier molecular flexibility index (Phi) is 17.9. The second-order valence-corrected chi connectivity index (χ2v) is 37.1. The molecule has 0 saturated carbocycles. The maximum Gasteiger partial charge on any atom is 0.544 e. The molecule has 0 atom stereocenters. The Balaban J connectivity index is 10.3. The molecule has 0 bridgehead atoms. The molecule has 1 N–H and O–H groups in total. The van der Waals surface area contributed by atoms with Gasteiger partial charge >= 0.3 is 7.51 Å². The van der Waals surface area contributed by atoms with Crippen LogP contribution in [0.15, 0.2) is 9.03 Å². The van der Waals surface area contributed by atoms with E-state index in [1.807, 2.05) is 0 Å². The Morgan fingerprint density at radius 3 is 0.911 bits per heavy atom. The molecule has 0 aromatic carbocycles. The Morgan fingerprint density at radius 1 is 0.467 bits per heavy atom. The highest BCUT2D eigenvalue weighted by molar-refractivity contribution is 7.88. The lowest BCUT2D eigenvalue weighted by Gasteiger charge is -2.43. The number of hydrogen-bond acceptors (Lipinski definition) is 1. The summed E-state index contributed by atoms with van der Waals surface area (Å²) in [4.78, 5) is 4.59. The van der Waals surface area contributed by atoms with Gasteiger partial charge in [0.2, 0.25) is 0 Å². The van der Waals surface area contributed by atoms with E-state index in [2.05, 4.69) is 191 Å². The summed E-state index contributed by atoms with van der Waals surface area (Å²) < 4.78 is 29.3. The Labute approximate surface area is 285 Å². The number of nitrogens with one attached hydrogen (secondary N) is 1. The molecule has 272 valence electrons. The van der Waals surface area contributed by atoms with Crippen LogP contribution in [-0.2, 0) is 0 Å². The highest BCUT2D eigenvalue weighted by Crippen LogP contribution is 2.79. The lowest BCUT2D eigenvalue weighted by Crippen LogP contribution is -2.37. The summed E-state index contributed by atoms with van der Waals surface area (Å²) in [5.41, 5.74) is 3.07. The molecular formula is C32H81N8P5+2. The van der Waals surface area contributed by atoms with E-state index >= 15 is 0 Å². The van der Waals surface area contributed by atoms with Crippen LogP contribution in [0.1, 0.15) is 111 Å². The number of nitrogens with zero attached hydrogens (tertiary/aromatic N) is 7. The van der Waals surface area contributed by atoms with E-state index in [1.54, 1.807) is 0 Å². The van der Waals surface area contributed by atoms with Gasteiger partial charge in [-0.25, -0.2) is 4.67 Å². The summed E-state index contributed by atoms with van der Waals surface area (Å²) in [6.07, 6.45) is 0. The van der Waals surface area contributed by atoms with E-state index in [0.717, 1.165) is 0 Å². The van der Waals surface area contributed by atoms with Gasteiger partial charge in [0.1, 0.15) is 0 Å². The SMILES string of the molecule is CC(C)P(=NP(N=P(C(C)C)(C(C)C)N(C)C)(=[N+]=P(C(C)C)(C(C)C)N(C)C)N[P+](C(C)C)(C(C)C)N(C)C)(C(C)C)N(C)C. The van der Waals surface area contributed by atoms with Crippen LogP contribution in [0.2, 0.25) is 0 Å². The minimum absolute atomic E-state index is 0.375. The van der Waals surface area contributed by atoms with Crippen molar-refractivity contribution < 1.29 is 0 Å². The van der Waals surface area contributed by atoms with Crippen molar-refractivity contribution in [3.05, 3.63) is 0 Å². The molecule has 0 fully saturated rings. The van der Waals surface area contributed by atoms with E-state index in [0.29, 0.717) is 45.3 Å². The van der Waals surface area contributed by atoms with Crippen LogP contribution in [0.4, 0.5) is 0 Å². The van der Waals surface area contributed by atoms with Crippen LogP contribution in [-0.4, -0.2) is 120 Å². The van der Waals surface area contributed by atoms with Crippen molar-refractivity contribution >= 4 is 36.7 Å². The fourth-order valence-electron chi connectivity index (χ4n) is 8.19. The van der Waals surface area contributed by atoms with Gasteiger partial charge in [0.15, 0.2) is 7.56 Å². The molecule has 0 aliphatic rings. The van der Waals surface area contributed by atoms with Crippen molar-refractivity contribution in [1.29, 1.82) is 0 Å². The van der Waals surface area contributed by atoms with Crippen molar-refractivity contribution in [2.45, 2.75) is 156 Å². The third-order valence-electron chi connectivity index (χ3n) is 9.82. The molecule has 0 saturated heterocycles. The van der Waals surface area contributed by atoms with Gasteiger partial charge in [0.25, 0.3) is 7.21 Å². The van der Waals surface area contributed by atoms with Gasteiger partial charge in [0, 0.05) is 36.7 Å². The van der Waals surface area contributed by atoms with Crippen molar-refractivity contribution in [2.75, 3.05) is 56.4 Å². The first-order valence-electron chi connectivity index (χ1n) is 17.3. The molecule has 0 spiro atoms. The van der Waals surface area contributed by atoms with Gasteiger partial charge in [-0.3, -0.25) is 9.34 Å². The fraction of sp³-hybridized carbons (Fsp3) is 1.00. The van der Waals surface area contributed by atoms with E-state index < -0.39 is 36.7 Å². The van der Waals surface area contributed by atoms with Crippen LogP contribution in [0.3, 0.4) is 0 Å². The molecule has 0 rings (SSSR count). The van der Waals surface area contributed by atoms with Crippen molar-refractivity contribution in [2.24, 2.45) is 9.03 Å². The Hall–Kier alpha value is 1.26. The van der Waals surface area contributed by atoms with Crippen LogP contribution >= 0.6 is 36.7 Å². The maximum atomic E-state index is 6.44. The Bertz CT molecular complexity index is 1020. The minimum atomic E-state index is -2.97. The van der Waals surface area contributed by atoms with Crippen molar-refractivity contribution in [3.63, 3.8) is 0 Å². The standard InChI is InChI=1S/C32H80N8P5/c1-25(2)41(26(3)4,37(17)18)33-45(34-42(27(5)6,28(7)8)38(19)20,35-43(29(9)10,30(11)12)39(21)22)36-44(31(13)14,32(15)16)40(23)24/h25-32H,1-24H3/q+1/p+1. The third kappa shape index (κ3) is 8.95. The smallest absolute Gasteiger partial charge is 0.275 e.